The van der Waals surface area contributed by atoms with Crippen LogP contribution in [0.1, 0.15) is 16.2 Å². The molecule has 0 saturated carbocycles. The van der Waals surface area contributed by atoms with Crippen LogP contribution >= 0.6 is 11.6 Å². The van der Waals surface area contributed by atoms with E-state index in [1.807, 2.05) is 4.90 Å². The fourth-order valence-electron chi connectivity index (χ4n) is 3.90. The molecule has 0 aliphatic carbocycles. The lowest BCUT2D eigenvalue weighted by Crippen LogP contribution is -2.62. The average Bonchev–Trinajstić information content (AvgIpc) is 3.15. The lowest BCUT2D eigenvalue weighted by atomic mass is 10.1. The molecule has 12 heteroatoms. The molecule has 1 unspecified atom stereocenters. The van der Waals surface area contributed by atoms with Gasteiger partial charge in [0.1, 0.15) is 5.75 Å². The van der Waals surface area contributed by atoms with Crippen LogP contribution in [-0.2, 0) is 23.1 Å². The van der Waals surface area contributed by atoms with E-state index < -0.39 is 17.9 Å². The van der Waals surface area contributed by atoms with Crippen LogP contribution < -0.4 is 4.74 Å². The van der Waals surface area contributed by atoms with Crippen molar-refractivity contribution in [3.63, 3.8) is 0 Å². The van der Waals surface area contributed by atoms with Crippen LogP contribution in [0.5, 0.6) is 5.75 Å². The zero-order chi connectivity index (χ0) is 22.9. The van der Waals surface area contributed by atoms with Crippen molar-refractivity contribution in [3.8, 4) is 5.75 Å². The number of benzene rings is 1. The van der Waals surface area contributed by atoms with Crippen LogP contribution in [0.15, 0.2) is 30.6 Å². The molecular formula is C20H22ClF3N4O4. The lowest BCUT2D eigenvalue weighted by Gasteiger charge is -2.47. The highest BCUT2D eigenvalue weighted by Crippen LogP contribution is 2.32. The molecule has 2 aliphatic heterocycles. The van der Waals surface area contributed by atoms with Crippen molar-refractivity contribution in [1.82, 2.24) is 19.4 Å². The maximum Gasteiger partial charge on any atom is 0.573 e. The number of hydrogen-bond donors (Lipinski definition) is 0. The molecule has 4 rings (SSSR count). The number of rotatable bonds is 4. The zero-order valence-electron chi connectivity index (χ0n) is 17.3. The first-order valence-electron chi connectivity index (χ1n) is 9.95. The fourth-order valence-corrected chi connectivity index (χ4v) is 4.14. The Kier molecular flexibility index (Phi) is 6.35. The van der Waals surface area contributed by atoms with Crippen molar-refractivity contribution in [2.24, 2.45) is 7.05 Å². The summed E-state index contributed by atoms with van der Waals surface area (Å²) in [5.74, 6) is -1.29. The number of halogens is 4. The van der Waals surface area contributed by atoms with Gasteiger partial charge in [-0.05, 0) is 17.7 Å². The number of carbonyl (C=O) groups is 1. The Morgan fingerprint density at radius 2 is 2.00 bits per heavy atom. The van der Waals surface area contributed by atoms with Gasteiger partial charge in [-0.3, -0.25) is 9.69 Å². The molecule has 0 N–H and O–H groups in total. The SMILES string of the molecule is Cn1ccnc1C(=O)N1CCOC2(CN(Cc3ccc(OC(F)(F)F)c(Cl)c3)CCO2)C1. The van der Waals surface area contributed by atoms with Gasteiger partial charge in [0.05, 0.1) is 31.3 Å². The smallest absolute Gasteiger partial charge is 0.404 e. The van der Waals surface area contributed by atoms with Crippen molar-refractivity contribution < 1.29 is 32.2 Å². The first-order chi connectivity index (χ1) is 15.1. The summed E-state index contributed by atoms with van der Waals surface area (Å²) in [6.45, 7) is 2.77. The molecule has 1 amide bonds. The molecule has 1 aromatic heterocycles. The number of imidazole rings is 1. The molecule has 1 spiro atoms. The molecule has 1 atom stereocenters. The van der Waals surface area contributed by atoms with E-state index in [9.17, 15) is 18.0 Å². The number of ether oxygens (including phenoxy) is 3. The second-order valence-electron chi connectivity index (χ2n) is 7.72. The average molecular weight is 475 g/mol. The van der Waals surface area contributed by atoms with Crippen molar-refractivity contribution in [2.45, 2.75) is 18.7 Å². The summed E-state index contributed by atoms with van der Waals surface area (Å²) < 4.78 is 54.8. The van der Waals surface area contributed by atoms with Crippen molar-refractivity contribution >= 4 is 17.5 Å². The zero-order valence-corrected chi connectivity index (χ0v) is 18.0. The van der Waals surface area contributed by atoms with E-state index in [1.54, 1.807) is 28.9 Å². The second-order valence-corrected chi connectivity index (χ2v) is 8.13. The van der Waals surface area contributed by atoms with E-state index >= 15 is 0 Å². The van der Waals surface area contributed by atoms with Crippen LogP contribution in [0.4, 0.5) is 13.2 Å². The van der Waals surface area contributed by atoms with Gasteiger partial charge < -0.3 is 23.7 Å². The van der Waals surface area contributed by atoms with Crippen molar-refractivity contribution in [3.05, 3.63) is 47.0 Å². The molecule has 174 valence electrons. The van der Waals surface area contributed by atoms with Crippen LogP contribution in [0.2, 0.25) is 5.02 Å². The van der Waals surface area contributed by atoms with E-state index in [4.69, 9.17) is 21.1 Å². The summed E-state index contributed by atoms with van der Waals surface area (Å²) in [5.41, 5.74) is 0.721. The highest BCUT2D eigenvalue weighted by atomic mass is 35.5. The maximum atomic E-state index is 12.9. The first kappa shape index (κ1) is 22.8. The third kappa shape index (κ3) is 5.17. The molecule has 8 nitrogen and oxygen atoms in total. The monoisotopic (exact) mass is 474 g/mol. The maximum absolute atomic E-state index is 12.9. The van der Waals surface area contributed by atoms with Crippen molar-refractivity contribution in [2.75, 3.05) is 39.4 Å². The van der Waals surface area contributed by atoms with Gasteiger partial charge in [-0.15, -0.1) is 13.2 Å². The van der Waals surface area contributed by atoms with Crippen LogP contribution in [0.3, 0.4) is 0 Å². The number of morpholine rings is 2. The minimum atomic E-state index is -4.81. The Balaban J connectivity index is 1.42. The Morgan fingerprint density at radius 1 is 1.25 bits per heavy atom. The Morgan fingerprint density at radius 3 is 2.66 bits per heavy atom. The number of hydrogen-bond acceptors (Lipinski definition) is 6. The number of aromatic nitrogens is 2. The molecule has 0 radical (unpaired) electrons. The van der Waals surface area contributed by atoms with Crippen LogP contribution in [0, 0.1) is 0 Å². The largest absolute Gasteiger partial charge is 0.573 e. The van der Waals surface area contributed by atoms with Gasteiger partial charge >= 0.3 is 6.36 Å². The number of aryl methyl sites for hydroxylation is 1. The normalized spacial score (nSPS) is 22.3. The minimum absolute atomic E-state index is 0.122. The van der Waals surface area contributed by atoms with Gasteiger partial charge in [0.15, 0.2) is 11.6 Å². The summed E-state index contributed by atoms with van der Waals surface area (Å²) in [5, 5.41) is -0.122. The second kappa shape index (κ2) is 8.89. The molecule has 2 aliphatic rings. The Labute approximate surface area is 187 Å². The Hall–Kier alpha value is -2.34. The third-order valence-corrected chi connectivity index (χ3v) is 5.62. The molecule has 0 bridgehead atoms. The molecule has 2 aromatic rings. The quantitative estimate of drug-likeness (QED) is 0.678. The first-order valence-corrected chi connectivity index (χ1v) is 10.3. The predicted octanol–water partition coefficient (Wildman–Crippen LogP) is 2.67. The highest BCUT2D eigenvalue weighted by Gasteiger charge is 2.43. The molecule has 32 heavy (non-hydrogen) atoms. The number of amides is 1. The lowest BCUT2D eigenvalue weighted by molar-refractivity contribution is -0.287. The highest BCUT2D eigenvalue weighted by molar-refractivity contribution is 6.32. The summed E-state index contributed by atoms with van der Waals surface area (Å²) >= 11 is 5.97. The summed E-state index contributed by atoms with van der Waals surface area (Å²) in [7, 11) is 1.76. The van der Waals surface area contributed by atoms with Gasteiger partial charge in [0.2, 0.25) is 0 Å². The topological polar surface area (TPSA) is 69.1 Å². The third-order valence-electron chi connectivity index (χ3n) is 5.32. The van der Waals surface area contributed by atoms with E-state index in [-0.39, 0.29) is 17.5 Å². The van der Waals surface area contributed by atoms with Crippen LogP contribution in [-0.4, -0.2) is 76.8 Å². The van der Waals surface area contributed by atoms with Gasteiger partial charge in [0.25, 0.3) is 5.91 Å². The van der Waals surface area contributed by atoms with Gasteiger partial charge in [-0.25, -0.2) is 4.98 Å². The summed E-state index contributed by atoms with van der Waals surface area (Å²) in [6.07, 6.45) is -1.53. The summed E-state index contributed by atoms with van der Waals surface area (Å²) in [4.78, 5) is 20.7. The Bertz CT molecular complexity index is 982. The number of carbonyl (C=O) groups excluding carboxylic acids is 1. The summed E-state index contributed by atoms with van der Waals surface area (Å²) in [6, 6.07) is 4.18. The van der Waals surface area contributed by atoms with E-state index in [0.717, 1.165) is 5.56 Å². The minimum Gasteiger partial charge on any atom is -0.404 e. The molecular weight excluding hydrogens is 453 g/mol. The van der Waals surface area contributed by atoms with Gasteiger partial charge in [-0.2, -0.15) is 0 Å². The molecule has 2 saturated heterocycles. The number of nitrogens with zero attached hydrogens (tertiary/aromatic N) is 4. The predicted molar refractivity (Wildman–Crippen MR) is 107 cm³/mol. The standard InChI is InChI=1S/C20H22ClF3N4O4/c1-26-5-4-25-17(26)18(29)28-7-9-31-19(13-28)12-27(6-8-30-19)11-14-2-3-16(15(21)10-14)32-20(22,23)24/h2-5,10H,6-9,11-13H2,1H3. The number of alkyl halides is 3. The molecule has 2 fully saturated rings. The van der Waals surface area contributed by atoms with Crippen LogP contribution in [0.25, 0.3) is 0 Å². The van der Waals surface area contributed by atoms with Gasteiger partial charge in [-0.1, -0.05) is 17.7 Å². The van der Waals surface area contributed by atoms with Gasteiger partial charge in [0, 0.05) is 39.1 Å². The van der Waals surface area contributed by atoms with E-state index in [2.05, 4.69) is 9.72 Å². The van der Waals surface area contributed by atoms with Crippen molar-refractivity contribution in [1.29, 1.82) is 0 Å². The van der Waals surface area contributed by atoms with E-state index in [1.165, 1.54) is 18.2 Å². The van der Waals surface area contributed by atoms with E-state index in [0.29, 0.717) is 45.2 Å². The fraction of sp³-hybridized carbons (Fsp3) is 0.500. The molecule has 3 heterocycles. The molecule has 1 aromatic carbocycles.